The normalized spacial score (nSPS) is 10.7. The van der Waals surface area contributed by atoms with Crippen LogP contribution in [0.4, 0.5) is 24.7 Å². The standard InChI is InChI=1S/C6H6F3N3/c7-4(8)2-1-3(10)5(9)12-6(2)11/h1,4H,10H2,(H2,11,12). The highest BCUT2D eigenvalue weighted by atomic mass is 19.3. The van der Waals surface area contributed by atoms with E-state index in [4.69, 9.17) is 11.5 Å². The highest BCUT2D eigenvalue weighted by molar-refractivity contribution is 5.50. The van der Waals surface area contributed by atoms with Gasteiger partial charge in [0.05, 0.1) is 11.3 Å². The molecule has 4 N–H and O–H groups in total. The van der Waals surface area contributed by atoms with Crippen LogP contribution in [-0.2, 0) is 0 Å². The van der Waals surface area contributed by atoms with Gasteiger partial charge in [-0.25, -0.2) is 13.8 Å². The maximum Gasteiger partial charge on any atom is 0.267 e. The molecule has 1 heterocycles. The molecule has 0 spiro atoms. The Kier molecular flexibility index (Phi) is 2.07. The molecule has 0 aliphatic carbocycles. The summed E-state index contributed by atoms with van der Waals surface area (Å²) in [6.45, 7) is 0. The maximum atomic E-state index is 12.5. The first-order valence-electron chi connectivity index (χ1n) is 3.02. The van der Waals surface area contributed by atoms with E-state index in [0.29, 0.717) is 0 Å². The minimum atomic E-state index is -2.79. The summed E-state index contributed by atoms with van der Waals surface area (Å²) < 4.78 is 36.5. The van der Waals surface area contributed by atoms with Gasteiger partial charge in [0.2, 0.25) is 5.95 Å². The van der Waals surface area contributed by atoms with Crippen molar-refractivity contribution in [2.45, 2.75) is 6.43 Å². The molecule has 0 saturated carbocycles. The molecule has 1 aromatic heterocycles. The number of halogens is 3. The number of nitrogen functional groups attached to an aromatic ring is 2. The first kappa shape index (κ1) is 8.63. The summed E-state index contributed by atoms with van der Waals surface area (Å²) in [5, 5.41) is 0. The summed E-state index contributed by atoms with van der Waals surface area (Å²) in [6.07, 6.45) is -2.79. The molecular formula is C6H6F3N3. The van der Waals surface area contributed by atoms with Crippen LogP contribution in [0.25, 0.3) is 0 Å². The predicted octanol–water partition coefficient (Wildman–Crippen LogP) is 1.32. The van der Waals surface area contributed by atoms with Crippen LogP contribution in [0.5, 0.6) is 0 Å². The fourth-order valence-electron chi connectivity index (χ4n) is 0.711. The van der Waals surface area contributed by atoms with Crippen LogP contribution in [-0.4, -0.2) is 4.98 Å². The Morgan fingerprint density at radius 2 is 1.92 bits per heavy atom. The van der Waals surface area contributed by atoms with E-state index >= 15 is 0 Å². The zero-order valence-corrected chi connectivity index (χ0v) is 5.89. The highest BCUT2D eigenvalue weighted by Gasteiger charge is 2.15. The van der Waals surface area contributed by atoms with E-state index in [1.54, 1.807) is 0 Å². The fraction of sp³-hybridized carbons (Fsp3) is 0.167. The Morgan fingerprint density at radius 1 is 1.33 bits per heavy atom. The van der Waals surface area contributed by atoms with E-state index in [-0.39, 0.29) is 0 Å². The first-order chi connectivity index (χ1) is 5.52. The lowest BCUT2D eigenvalue weighted by Crippen LogP contribution is -2.03. The molecule has 1 aromatic rings. The Labute approximate surface area is 66.2 Å². The van der Waals surface area contributed by atoms with Crippen molar-refractivity contribution in [1.82, 2.24) is 4.98 Å². The molecular weight excluding hydrogens is 171 g/mol. The molecule has 0 atom stereocenters. The molecule has 12 heavy (non-hydrogen) atoms. The Bertz CT molecular complexity index is 300. The lowest BCUT2D eigenvalue weighted by molar-refractivity contribution is 0.152. The molecule has 0 aliphatic rings. The van der Waals surface area contributed by atoms with Gasteiger partial charge in [-0.05, 0) is 6.07 Å². The largest absolute Gasteiger partial charge is 0.395 e. The summed E-state index contributed by atoms with van der Waals surface area (Å²) in [7, 11) is 0. The van der Waals surface area contributed by atoms with E-state index < -0.39 is 29.4 Å². The van der Waals surface area contributed by atoms with Crippen LogP contribution in [0.15, 0.2) is 6.07 Å². The Balaban J connectivity index is 3.23. The third kappa shape index (κ3) is 1.41. The summed E-state index contributed by atoms with van der Waals surface area (Å²) in [5.41, 5.74) is 9.03. The maximum absolute atomic E-state index is 12.5. The second-order valence-corrected chi connectivity index (χ2v) is 2.14. The topological polar surface area (TPSA) is 64.9 Å². The van der Waals surface area contributed by atoms with Crippen LogP contribution in [0, 0.1) is 5.95 Å². The molecule has 0 amide bonds. The van der Waals surface area contributed by atoms with Crippen LogP contribution in [0.1, 0.15) is 12.0 Å². The molecule has 0 aliphatic heterocycles. The lowest BCUT2D eigenvalue weighted by Gasteiger charge is -2.04. The van der Waals surface area contributed by atoms with Crippen LogP contribution in [0.2, 0.25) is 0 Å². The van der Waals surface area contributed by atoms with Crippen molar-refractivity contribution >= 4 is 11.5 Å². The summed E-state index contributed by atoms with van der Waals surface area (Å²) in [5.74, 6) is -1.56. The molecule has 0 unspecified atom stereocenters. The van der Waals surface area contributed by atoms with Gasteiger partial charge < -0.3 is 11.5 Å². The van der Waals surface area contributed by atoms with E-state index in [9.17, 15) is 13.2 Å². The molecule has 1 rings (SSSR count). The predicted molar refractivity (Wildman–Crippen MR) is 38.0 cm³/mol. The van der Waals surface area contributed by atoms with Crippen molar-refractivity contribution < 1.29 is 13.2 Å². The van der Waals surface area contributed by atoms with Crippen molar-refractivity contribution in [3.05, 3.63) is 17.6 Å². The van der Waals surface area contributed by atoms with Gasteiger partial charge in [-0.3, -0.25) is 0 Å². The molecule has 0 fully saturated rings. The van der Waals surface area contributed by atoms with E-state index in [1.807, 2.05) is 0 Å². The Hall–Kier alpha value is -1.46. The third-order valence-corrected chi connectivity index (χ3v) is 1.30. The second-order valence-electron chi connectivity index (χ2n) is 2.14. The lowest BCUT2D eigenvalue weighted by atomic mass is 10.2. The summed E-state index contributed by atoms with van der Waals surface area (Å²) in [6, 6.07) is 0.780. The van der Waals surface area contributed by atoms with Gasteiger partial charge >= 0.3 is 0 Å². The molecule has 0 bridgehead atoms. The number of hydrogen-bond acceptors (Lipinski definition) is 3. The number of alkyl halides is 2. The van der Waals surface area contributed by atoms with E-state index in [1.165, 1.54) is 0 Å². The highest BCUT2D eigenvalue weighted by Crippen LogP contribution is 2.25. The second kappa shape index (κ2) is 2.88. The van der Waals surface area contributed by atoms with Gasteiger partial charge in [-0.1, -0.05) is 0 Å². The first-order valence-corrected chi connectivity index (χ1v) is 3.02. The van der Waals surface area contributed by atoms with Gasteiger partial charge in [-0.15, -0.1) is 0 Å². The smallest absolute Gasteiger partial charge is 0.267 e. The summed E-state index contributed by atoms with van der Waals surface area (Å²) >= 11 is 0. The number of hydrogen-bond donors (Lipinski definition) is 2. The number of nitrogens with two attached hydrogens (primary N) is 2. The average molecular weight is 177 g/mol. The van der Waals surface area contributed by atoms with Crippen LogP contribution >= 0.6 is 0 Å². The van der Waals surface area contributed by atoms with Gasteiger partial charge in [0.1, 0.15) is 5.82 Å². The van der Waals surface area contributed by atoms with Crippen molar-refractivity contribution in [3.63, 3.8) is 0 Å². The zero-order chi connectivity index (χ0) is 9.30. The van der Waals surface area contributed by atoms with Gasteiger partial charge in [0.25, 0.3) is 6.43 Å². The molecule has 6 heteroatoms. The molecule has 3 nitrogen and oxygen atoms in total. The minimum absolute atomic E-state index is 0.431. The number of aromatic nitrogens is 1. The minimum Gasteiger partial charge on any atom is -0.395 e. The molecule has 0 saturated heterocycles. The number of pyridine rings is 1. The molecule has 0 radical (unpaired) electrons. The van der Waals surface area contributed by atoms with Crippen LogP contribution < -0.4 is 11.5 Å². The van der Waals surface area contributed by atoms with E-state index in [0.717, 1.165) is 6.07 Å². The van der Waals surface area contributed by atoms with Crippen molar-refractivity contribution in [3.8, 4) is 0 Å². The molecule has 66 valence electrons. The van der Waals surface area contributed by atoms with Crippen LogP contribution in [0.3, 0.4) is 0 Å². The third-order valence-electron chi connectivity index (χ3n) is 1.30. The van der Waals surface area contributed by atoms with Crippen molar-refractivity contribution in [1.29, 1.82) is 0 Å². The average Bonchev–Trinajstić information content (AvgIpc) is 1.96. The van der Waals surface area contributed by atoms with Crippen molar-refractivity contribution in [2.75, 3.05) is 11.5 Å². The van der Waals surface area contributed by atoms with Crippen molar-refractivity contribution in [2.24, 2.45) is 0 Å². The number of nitrogens with zero attached hydrogens (tertiary/aromatic N) is 1. The monoisotopic (exact) mass is 177 g/mol. The SMILES string of the molecule is Nc1cc(C(F)F)c(N)nc1F. The fourth-order valence-corrected chi connectivity index (χ4v) is 0.711. The molecule has 0 aromatic carbocycles. The van der Waals surface area contributed by atoms with Gasteiger partial charge in [0.15, 0.2) is 0 Å². The zero-order valence-electron chi connectivity index (χ0n) is 5.89. The van der Waals surface area contributed by atoms with E-state index in [2.05, 4.69) is 4.98 Å². The summed E-state index contributed by atoms with van der Waals surface area (Å²) in [4.78, 5) is 3.00. The number of rotatable bonds is 1. The Morgan fingerprint density at radius 3 is 2.42 bits per heavy atom. The van der Waals surface area contributed by atoms with Gasteiger partial charge in [0, 0.05) is 0 Å². The number of anilines is 2. The van der Waals surface area contributed by atoms with Gasteiger partial charge in [-0.2, -0.15) is 4.39 Å². The quantitative estimate of drug-likeness (QED) is 0.636.